The van der Waals surface area contributed by atoms with Gasteiger partial charge in [-0.2, -0.15) is 0 Å². The van der Waals surface area contributed by atoms with Gasteiger partial charge >= 0.3 is 5.97 Å². The van der Waals surface area contributed by atoms with Crippen LogP contribution >= 0.6 is 11.8 Å². The molecule has 0 spiro atoms. The van der Waals surface area contributed by atoms with E-state index in [9.17, 15) is 14.7 Å². The Morgan fingerprint density at radius 1 is 1.50 bits per heavy atom. The molecule has 0 bridgehead atoms. The molecule has 1 atom stereocenters. The second-order valence-corrected chi connectivity index (χ2v) is 4.82. The molecule has 1 aliphatic heterocycles. The highest BCUT2D eigenvalue weighted by atomic mass is 32.2. The number of nitrogens with zero attached hydrogens (tertiary/aromatic N) is 1. The maximum absolute atomic E-state index is 11.5. The lowest BCUT2D eigenvalue weighted by Crippen LogP contribution is -2.26. The number of aromatic hydroxyl groups is 1. The van der Waals surface area contributed by atoms with Crippen LogP contribution in [0, 0.1) is 0 Å². The summed E-state index contributed by atoms with van der Waals surface area (Å²) in [6.07, 6.45) is -0.241. The molecule has 1 fully saturated rings. The highest BCUT2D eigenvalue weighted by molar-refractivity contribution is 8.15. The van der Waals surface area contributed by atoms with E-state index in [1.54, 1.807) is 12.1 Å². The molecule has 1 heterocycles. The summed E-state index contributed by atoms with van der Waals surface area (Å²) in [5.74, 6) is -1.31. The van der Waals surface area contributed by atoms with Gasteiger partial charge in [0.05, 0.1) is 12.1 Å². The molecule has 1 aromatic rings. The van der Waals surface area contributed by atoms with Crippen molar-refractivity contribution in [3.8, 4) is 5.75 Å². The number of hydrogen-bond donors (Lipinski definition) is 3. The molecule has 18 heavy (non-hydrogen) atoms. The fourth-order valence-electron chi connectivity index (χ4n) is 1.43. The number of rotatable bonds is 3. The van der Waals surface area contributed by atoms with Gasteiger partial charge in [-0.1, -0.05) is 17.8 Å². The van der Waals surface area contributed by atoms with Crippen LogP contribution in [-0.2, 0) is 9.59 Å². The van der Waals surface area contributed by atoms with Gasteiger partial charge in [-0.3, -0.25) is 9.59 Å². The van der Waals surface area contributed by atoms with Crippen molar-refractivity contribution in [3.63, 3.8) is 0 Å². The Balaban J connectivity index is 2.12. The third kappa shape index (κ3) is 3.01. The lowest BCUT2D eigenvalue weighted by Gasteiger charge is -1.98. The van der Waals surface area contributed by atoms with Gasteiger partial charge in [-0.15, -0.1) is 0 Å². The average Bonchev–Trinajstić information content (AvgIpc) is 2.58. The first-order valence-corrected chi connectivity index (χ1v) is 5.99. The zero-order valence-electron chi connectivity index (χ0n) is 9.16. The molecule has 6 nitrogen and oxygen atoms in total. The molecule has 0 radical (unpaired) electrons. The number of phenolic OH excluding ortho intramolecular Hbond substituents is 1. The first kappa shape index (κ1) is 12.4. The molecule has 7 heteroatoms. The van der Waals surface area contributed by atoms with Gasteiger partial charge in [0.25, 0.3) is 0 Å². The monoisotopic (exact) mass is 266 g/mol. The number of benzene rings is 1. The van der Waals surface area contributed by atoms with E-state index in [-0.39, 0.29) is 18.1 Å². The standard InChI is InChI=1S/C11H10N2O4S/c14-7-3-1-2-6(4-7)12-11-13-10(17)8(18-11)5-9(15)16/h1-4,8,14H,5H2,(H,15,16)(H,12,13,17)/t8-/m0/s1. The van der Waals surface area contributed by atoms with Crippen LogP contribution in [0.25, 0.3) is 0 Å². The number of phenols is 1. The lowest BCUT2D eigenvalue weighted by molar-refractivity contribution is -0.138. The van der Waals surface area contributed by atoms with E-state index in [0.29, 0.717) is 10.9 Å². The highest BCUT2D eigenvalue weighted by Crippen LogP contribution is 2.26. The van der Waals surface area contributed by atoms with Crippen molar-refractivity contribution in [2.45, 2.75) is 11.7 Å². The number of aliphatic imine (C=N–C) groups is 1. The molecule has 1 amide bonds. The van der Waals surface area contributed by atoms with E-state index in [1.165, 1.54) is 12.1 Å². The number of amidine groups is 1. The molecule has 2 rings (SSSR count). The Kier molecular flexibility index (Phi) is 3.52. The number of carboxylic acid groups (broad SMARTS) is 1. The van der Waals surface area contributed by atoms with Crippen LogP contribution in [0.5, 0.6) is 5.75 Å². The summed E-state index contributed by atoms with van der Waals surface area (Å²) >= 11 is 1.07. The number of amides is 1. The van der Waals surface area contributed by atoms with Gasteiger partial charge in [0.15, 0.2) is 5.17 Å². The Morgan fingerprint density at radius 3 is 2.94 bits per heavy atom. The van der Waals surface area contributed by atoms with Crippen molar-refractivity contribution in [1.29, 1.82) is 0 Å². The van der Waals surface area contributed by atoms with Gasteiger partial charge in [0.2, 0.25) is 5.91 Å². The van der Waals surface area contributed by atoms with Gasteiger partial charge in [-0.25, -0.2) is 4.99 Å². The van der Waals surface area contributed by atoms with Crippen molar-refractivity contribution in [1.82, 2.24) is 5.32 Å². The lowest BCUT2D eigenvalue weighted by atomic mass is 10.3. The summed E-state index contributed by atoms with van der Waals surface area (Å²) in [7, 11) is 0. The minimum atomic E-state index is -1.03. The molecule has 0 aliphatic carbocycles. The summed E-state index contributed by atoms with van der Waals surface area (Å²) in [6.45, 7) is 0. The Morgan fingerprint density at radius 2 is 2.28 bits per heavy atom. The average molecular weight is 266 g/mol. The number of nitrogens with one attached hydrogen (secondary N) is 1. The molecule has 1 saturated heterocycles. The van der Waals surface area contributed by atoms with Gasteiger partial charge in [0.1, 0.15) is 11.0 Å². The molecule has 0 aromatic heterocycles. The van der Waals surface area contributed by atoms with Crippen molar-refractivity contribution in [3.05, 3.63) is 24.3 Å². The van der Waals surface area contributed by atoms with E-state index in [4.69, 9.17) is 5.11 Å². The molecular formula is C11H10N2O4S. The normalized spacial score (nSPS) is 21.0. The van der Waals surface area contributed by atoms with Crippen LogP contribution in [0.2, 0.25) is 0 Å². The molecule has 0 saturated carbocycles. The highest BCUT2D eigenvalue weighted by Gasteiger charge is 2.31. The number of hydrogen-bond acceptors (Lipinski definition) is 5. The van der Waals surface area contributed by atoms with Crippen molar-refractivity contribution in [2.24, 2.45) is 4.99 Å². The van der Waals surface area contributed by atoms with Gasteiger partial charge in [0, 0.05) is 6.07 Å². The molecule has 0 unspecified atom stereocenters. The summed E-state index contributed by atoms with van der Waals surface area (Å²) in [6, 6.07) is 6.26. The first-order valence-electron chi connectivity index (χ1n) is 5.11. The van der Waals surface area contributed by atoms with Crippen molar-refractivity contribution < 1.29 is 19.8 Å². The summed E-state index contributed by atoms with van der Waals surface area (Å²) in [5.41, 5.74) is 0.494. The van der Waals surface area contributed by atoms with E-state index < -0.39 is 11.2 Å². The molecular weight excluding hydrogens is 256 g/mol. The Bertz CT molecular complexity index is 530. The van der Waals surface area contributed by atoms with Crippen LogP contribution in [0.4, 0.5) is 5.69 Å². The number of carbonyl (C=O) groups is 2. The second-order valence-electron chi connectivity index (χ2n) is 3.63. The van der Waals surface area contributed by atoms with Crippen LogP contribution < -0.4 is 5.32 Å². The first-order chi connectivity index (χ1) is 8.54. The minimum absolute atomic E-state index is 0.0771. The zero-order valence-corrected chi connectivity index (χ0v) is 9.98. The third-order valence-electron chi connectivity index (χ3n) is 2.20. The van der Waals surface area contributed by atoms with Crippen LogP contribution in [-0.4, -0.2) is 32.5 Å². The fraction of sp³-hybridized carbons (Fsp3) is 0.182. The van der Waals surface area contributed by atoms with Gasteiger partial charge in [-0.05, 0) is 12.1 Å². The molecule has 3 N–H and O–H groups in total. The Labute approximate surface area is 107 Å². The summed E-state index contributed by atoms with van der Waals surface area (Å²) in [4.78, 5) is 26.1. The maximum Gasteiger partial charge on any atom is 0.305 e. The van der Waals surface area contributed by atoms with E-state index in [2.05, 4.69) is 10.3 Å². The predicted octanol–water partition coefficient (Wildman–Crippen LogP) is 1.09. The van der Waals surface area contributed by atoms with E-state index in [1.807, 2.05) is 0 Å². The number of carbonyl (C=O) groups excluding carboxylic acids is 1. The number of thioether (sulfide) groups is 1. The van der Waals surface area contributed by atoms with Crippen molar-refractivity contribution in [2.75, 3.05) is 0 Å². The maximum atomic E-state index is 11.5. The number of carboxylic acids is 1. The fourth-order valence-corrected chi connectivity index (χ4v) is 2.41. The SMILES string of the molecule is O=C(O)C[C@@H]1SC(=Nc2cccc(O)c2)NC1=O. The summed E-state index contributed by atoms with van der Waals surface area (Å²) < 4.78 is 0. The topological polar surface area (TPSA) is 99.0 Å². The zero-order chi connectivity index (χ0) is 13.1. The third-order valence-corrected chi connectivity index (χ3v) is 3.28. The quantitative estimate of drug-likeness (QED) is 0.760. The van der Waals surface area contributed by atoms with Gasteiger partial charge < -0.3 is 15.5 Å². The predicted molar refractivity (Wildman–Crippen MR) is 67.0 cm³/mol. The van der Waals surface area contributed by atoms with E-state index >= 15 is 0 Å². The molecule has 1 aromatic carbocycles. The second kappa shape index (κ2) is 5.09. The van der Waals surface area contributed by atoms with Crippen LogP contribution in [0.1, 0.15) is 6.42 Å². The molecule has 1 aliphatic rings. The Hall–Kier alpha value is -2.02. The van der Waals surface area contributed by atoms with Crippen molar-refractivity contribution >= 4 is 34.5 Å². The van der Waals surface area contributed by atoms with Crippen LogP contribution in [0.15, 0.2) is 29.3 Å². The molecule has 94 valence electrons. The largest absolute Gasteiger partial charge is 0.508 e. The number of aliphatic carboxylic acids is 1. The minimum Gasteiger partial charge on any atom is -0.508 e. The van der Waals surface area contributed by atoms with E-state index in [0.717, 1.165) is 11.8 Å². The smallest absolute Gasteiger partial charge is 0.305 e. The summed E-state index contributed by atoms with van der Waals surface area (Å²) in [5, 5.41) is 20.1. The van der Waals surface area contributed by atoms with Crippen LogP contribution in [0.3, 0.4) is 0 Å².